The minimum Gasteiger partial charge on any atom is -0.379 e. The molecular weight excluding hydrogens is 511 g/mol. The van der Waals surface area contributed by atoms with Gasteiger partial charge in [-0.2, -0.15) is 18.2 Å². The maximum atomic E-state index is 13.7. The molecular formula is C27H36F3N7O2. The zero-order valence-corrected chi connectivity index (χ0v) is 22.4. The Morgan fingerprint density at radius 2 is 2.03 bits per heavy atom. The number of benzene rings is 1. The molecule has 4 heterocycles. The summed E-state index contributed by atoms with van der Waals surface area (Å²) in [4.78, 5) is 26.8. The number of piperazine rings is 1. The van der Waals surface area contributed by atoms with Crippen LogP contribution in [0.4, 0.5) is 36.3 Å². The second kappa shape index (κ2) is 11.5. The first-order valence-corrected chi connectivity index (χ1v) is 13.6. The number of nitrogens with zero attached hydrogens (tertiary/aromatic N) is 5. The Morgan fingerprint density at radius 3 is 2.74 bits per heavy atom. The van der Waals surface area contributed by atoms with E-state index in [1.165, 1.54) is 12.1 Å². The number of amides is 1. The van der Waals surface area contributed by atoms with Gasteiger partial charge in [-0.15, -0.1) is 0 Å². The van der Waals surface area contributed by atoms with E-state index in [0.29, 0.717) is 51.2 Å². The number of aryl methyl sites for hydroxylation is 1. The van der Waals surface area contributed by atoms with Crippen LogP contribution in [0.15, 0.2) is 24.4 Å². The highest BCUT2D eigenvalue weighted by atomic mass is 19.4. The summed E-state index contributed by atoms with van der Waals surface area (Å²) in [6.45, 7) is 6.14. The molecule has 3 fully saturated rings. The monoisotopic (exact) mass is 547 g/mol. The number of hydrogen-bond acceptors (Lipinski definition) is 8. The molecule has 0 unspecified atom stereocenters. The van der Waals surface area contributed by atoms with Crippen molar-refractivity contribution in [3.8, 4) is 0 Å². The highest BCUT2D eigenvalue weighted by Crippen LogP contribution is 2.37. The van der Waals surface area contributed by atoms with Crippen LogP contribution < -0.4 is 15.5 Å². The second-order valence-electron chi connectivity index (χ2n) is 10.4. The molecule has 2 atom stereocenters. The number of rotatable bonds is 9. The van der Waals surface area contributed by atoms with E-state index in [1.807, 2.05) is 6.07 Å². The fourth-order valence-electron chi connectivity index (χ4n) is 5.69. The summed E-state index contributed by atoms with van der Waals surface area (Å²) in [5.74, 6) is -0.189. The number of anilines is 4. The Hall–Kier alpha value is -3.12. The van der Waals surface area contributed by atoms with Gasteiger partial charge in [-0.25, -0.2) is 4.98 Å². The van der Waals surface area contributed by atoms with Crippen molar-refractivity contribution >= 4 is 29.0 Å². The number of hydrogen-bond donors (Lipinski definition) is 2. The van der Waals surface area contributed by atoms with Crippen molar-refractivity contribution in [3.05, 3.63) is 35.5 Å². The van der Waals surface area contributed by atoms with Crippen LogP contribution in [0.3, 0.4) is 0 Å². The fourth-order valence-corrected chi connectivity index (χ4v) is 5.69. The van der Waals surface area contributed by atoms with Gasteiger partial charge >= 0.3 is 6.18 Å². The van der Waals surface area contributed by atoms with E-state index in [4.69, 9.17) is 4.74 Å². The first-order chi connectivity index (χ1) is 18.7. The topological polar surface area (TPSA) is 85.9 Å². The lowest BCUT2D eigenvalue weighted by molar-refractivity contribution is -0.137. The van der Waals surface area contributed by atoms with Crippen LogP contribution >= 0.6 is 0 Å². The number of fused-ring (bicyclic) bond motifs is 2. The van der Waals surface area contributed by atoms with E-state index in [2.05, 4.69) is 56.5 Å². The third-order valence-corrected chi connectivity index (χ3v) is 7.87. The number of halogens is 3. The summed E-state index contributed by atoms with van der Waals surface area (Å²) < 4.78 is 46.4. The predicted molar refractivity (Wildman–Crippen MR) is 143 cm³/mol. The molecule has 0 aliphatic carbocycles. The number of likely N-dealkylation sites (tertiary alicyclic amines) is 1. The molecule has 3 aliphatic rings. The lowest BCUT2D eigenvalue weighted by Crippen LogP contribution is -2.44. The quantitative estimate of drug-likeness (QED) is 0.460. The largest absolute Gasteiger partial charge is 0.421 e. The summed E-state index contributed by atoms with van der Waals surface area (Å²) in [5, 5.41) is 5.95. The number of likely N-dealkylation sites (N-methyl/N-ethyl adjacent to an activating group) is 1. The molecule has 3 saturated heterocycles. The van der Waals surface area contributed by atoms with Crippen molar-refractivity contribution in [3.63, 3.8) is 0 Å². The maximum absolute atomic E-state index is 13.7. The van der Waals surface area contributed by atoms with Gasteiger partial charge in [-0.1, -0.05) is 6.92 Å². The molecule has 9 nitrogen and oxygen atoms in total. The molecule has 212 valence electrons. The fraction of sp³-hybridized carbons (Fsp3) is 0.593. The molecule has 3 aliphatic heterocycles. The van der Waals surface area contributed by atoms with Gasteiger partial charge in [0.2, 0.25) is 11.9 Å². The van der Waals surface area contributed by atoms with Gasteiger partial charge in [-0.3, -0.25) is 9.69 Å². The van der Waals surface area contributed by atoms with Crippen LogP contribution in [-0.4, -0.2) is 90.7 Å². The molecule has 2 bridgehead atoms. The van der Waals surface area contributed by atoms with Gasteiger partial charge in [0, 0.05) is 62.4 Å². The van der Waals surface area contributed by atoms with E-state index >= 15 is 0 Å². The van der Waals surface area contributed by atoms with Gasteiger partial charge in [0.15, 0.2) is 0 Å². The molecule has 0 spiro atoms. The molecule has 5 rings (SSSR count). The third-order valence-electron chi connectivity index (χ3n) is 7.87. The van der Waals surface area contributed by atoms with Gasteiger partial charge in [-0.05, 0) is 50.1 Å². The molecule has 0 radical (unpaired) electrons. The number of carbonyl (C=O) groups is 1. The number of nitrogens with one attached hydrogen (secondary N) is 2. The summed E-state index contributed by atoms with van der Waals surface area (Å²) in [7, 11) is 2.17. The Morgan fingerprint density at radius 1 is 1.18 bits per heavy atom. The summed E-state index contributed by atoms with van der Waals surface area (Å²) in [6, 6.07) is 7.27. The lowest BCUT2D eigenvalue weighted by Gasteiger charge is -2.34. The van der Waals surface area contributed by atoms with Crippen LogP contribution in [-0.2, 0) is 22.1 Å². The van der Waals surface area contributed by atoms with Crippen LogP contribution in [0.5, 0.6) is 0 Å². The van der Waals surface area contributed by atoms with E-state index < -0.39 is 11.7 Å². The molecule has 2 aromatic rings. The van der Waals surface area contributed by atoms with Crippen LogP contribution in [0.1, 0.15) is 37.3 Å². The molecule has 39 heavy (non-hydrogen) atoms. The lowest BCUT2D eigenvalue weighted by atomic mass is 10.1. The molecule has 1 aromatic heterocycles. The molecule has 1 aromatic carbocycles. The smallest absolute Gasteiger partial charge is 0.379 e. The summed E-state index contributed by atoms with van der Waals surface area (Å²) in [6.07, 6.45) is -1.06. The van der Waals surface area contributed by atoms with Gasteiger partial charge < -0.3 is 25.2 Å². The molecule has 1 amide bonds. The van der Waals surface area contributed by atoms with E-state index in [-0.39, 0.29) is 24.2 Å². The Kier molecular flexibility index (Phi) is 8.13. The van der Waals surface area contributed by atoms with E-state index in [0.717, 1.165) is 37.0 Å². The number of alkyl halides is 3. The Bertz CT molecular complexity index is 1180. The van der Waals surface area contributed by atoms with Crippen molar-refractivity contribution in [1.82, 2.24) is 19.8 Å². The Labute approximate surface area is 226 Å². The Balaban J connectivity index is 1.27. The van der Waals surface area contributed by atoms with Gasteiger partial charge in [0.25, 0.3) is 0 Å². The normalized spacial score (nSPS) is 21.9. The number of carbonyl (C=O) groups excluding carboxylic acids is 1. The third kappa shape index (κ3) is 6.22. The summed E-state index contributed by atoms with van der Waals surface area (Å²) in [5.41, 5.74) is 2.07. The average Bonchev–Trinajstić information content (AvgIpc) is 3.41. The van der Waals surface area contributed by atoms with Crippen molar-refractivity contribution < 1.29 is 22.7 Å². The molecule has 12 heteroatoms. The highest BCUT2D eigenvalue weighted by molar-refractivity contribution is 5.76. The first-order valence-electron chi connectivity index (χ1n) is 13.6. The molecule has 2 N–H and O–H groups in total. The van der Waals surface area contributed by atoms with Crippen molar-refractivity contribution in [2.45, 2.75) is 50.9 Å². The SMILES string of the molecule is CCc1cc(N2C[C@H]3C[C@@H]2CN3C)ccc1Nc1ncc(C(F)(F)F)c(NCCCN2CCOCCC2=O)n1. The number of aromatic nitrogens is 2. The zero-order chi connectivity index (χ0) is 27.6. The van der Waals surface area contributed by atoms with Crippen molar-refractivity contribution in [2.24, 2.45) is 0 Å². The standard InChI is InChI=1S/C27H36F3N7O2/c1-3-18-13-19(37-17-20-14-21(37)16-35(20)2)5-6-23(18)33-26-32-15-22(27(28,29)30)25(34-26)31-8-4-9-36-10-12-39-11-7-24(36)38/h5-6,13,15,20-21H,3-4,7-12,14,16-17H2,1-2H3,(H2,31,32,33,34)/t20-,21-/m1/s1. The maximum Gasteiger partial charge on any atom is 0.421 e. The average molecular weight is 548 g/mol. The minimum atomic E-state index is -4.60. The van der Waals surface area contributed by atoms with Gasteiger partial charge in [0.1, 0.15) is 11.4 Å². The first kappa shape index (κ1) is 27.4. The molecule has 0 saturated carbocycles. The van der Waals surface area contributed by atoms with Gasteiger partial charge in [0.05, 0.1) is 19.6 Å². The highest BCUT2D eigenvalue weighted by Gasteiger charge is 2.41. The number of ether oxygens (including phenoxy) is 1. The van der Waals surface area contributed by atoms with Crippen molar-refractivity contribution in [2.75, 3.05) is 68.5 Å². The second-order valence-corrected chi connectivity index (χ2v) is 10.4. The van der Waals surface area contributed by atoms with Crippen LogP contribution in [0.2, 0.25) is 0 Å². The van der Waals surface area contributed by atoms with E-state index in [9.17, 15) is 18.0 Å². The van der Waals surface area contributed by atoms with Crippen LogP contribution in [0.25, 0.3) is 0 Å². The van der Waals surface area contributed by atoms with Crippen molar-refractivity contribution in [1.29, 1.82) is 0 Å². The predicted octanol–water partition coefficient (Wildman–Crippen LogP) is 3.75. The minimum absolute atomic E-state index is 0.000628. The zero-order valence-electron chi connectivity index (χ0n) is 22.4. The van der Waals surface area contributed by atoms with Crippen LogP contribution in [0, 0.1) is 0 Å². The van der Waals surface area contributed by atoms with E-state index in [1.54, 1.807) is 4.90 Å². The summed E-state index contributed by atoms with van der Waals surface area (Å²) >= 11 is 0.